The van der Waals surface area contributed by atoms with Crippen LogP contribution in [-0.2, 0) is 9.53 Å². The van der Waals surface area contributed by atoms with E-state index in [1.54, 1.807) is 0 Å². The summed E-state index contributed by atoms with van der Waals surface area (Å²) in [5, 5.41) is 9.41. The molecule has 0 radical (unpaired) electrons. The number of hydrogen-bond acceptors (Lipinski definition) is 5. The van der Waals surface area contributed by atoms with Gasteiger partial charge in [-0.1, -0.05) is 0 Å². The molecule has 1 amide bonds. The molecule has 25 heavy (non-hydrogen) atoms. The summed E-state index contributed by atoms with van der Waals surface area (Å²) in [4.78, 5) is 29.0. The number of carboxylic acids is 1. The Bertz CT molecular complexity index is 652. The number of pyridine rings is 1. The lowest BCUT2D eigenvalue weighted by atomic mass is 9.88. The molecule has 2 heterocycles. The molecule has 1 aromatic rings. The van der Waals surface area contributed by atoms with Crippen LogP contribution in [0.15, 0.2) is 18.3 Å². The minimum atomic E-state index is -4.57. The van der Waals surface area contributed by atoms with Crippen LogP contribution >= 0.6 is 0 Å². The van der Waals surface area contributed by atoms with E-state index in [4.69, 9.17) is 4.74 Å². The topological polar surface area (TPSA) is 89.0 Å². The third-order valence-corrected chi connectivity index (χ3v) is 3.89. The second kappa shape index (κ2) is 7.26. The van der Waals surface area contributed by atoms with Crippen molar-refractivity contribution >= 4 is 11.9 Å². The Labute approximate surface area is 141 Å². The Morgan fingerprint density at radius 3 is 2.76 bits per heavy atom. The lowest BCUT2D eigenvalue weighted by Crippen LogP contribution is -2.40. The van der Waals surface area contributed by atoms with Gasteiger partial charge in [0.15, 0.2) is 6.61 Å². The highest BCUT2D eigenvalue weighted by Gasteiger charge is 2.47. The van der Waals surface area contributed by atoms with Crippen LogP contribution in [-0.4, -0.2) is 66.5 Å². The van der Waals surface area contributed by atoms with E-state index < -0.39 is 36.0 Å². The molecule has 1 aliphatic heterocycles. The summed E-state index contributed by atoms with van der Waals surface area (Å²) < 4.78 is 46.5. The lowest BCUT2D eigenvalue weighted by Gasteiger charge is -2.24. The van der Waals surface area contributed by atoms with Gasteiger partial charge in [-0.15, -0.1) is 0 Å². The summed E-state index contributed by atoms with van der Waals surface area (Å²) in [6, 6.07) is 2.68. The highest BCUT2D eigenvalue weighted by atomic mass is 19.4. The summed E-state index contributed by atoms with van der Waals surface area (Å²) in [6.07, 6.45) is -3.18. The van der Waals surface area contributed by atoms with Crippen molar-refractivity contribution in [3.63, 3.8) is 0 Å². The van der Waals surface area contributed by atoms with Crippen LogP contribution in [0.4, 0.5) is 13.2 Å². The number of ether oxygens (including phenoxy) is 2. The number of carbonyl (C=O) groups excluding carboxylic acids is 1. The minimum absolute atomic E-state index is 0.0728. The van der Waals surface area contributed by atoms with Crippen molar-refractivity contribution in [3.8, 4) is 5.88 Å². The van der Waals surface area contributed by atoms with E-state index in [2.05, 4.69) is 9.72 Å². The zero-order valence-corrected chi connectivity index (χ0v) is 13.4. The van der Waals surface area contributed by atoms with E-state index in [9.17, 15) is 27.9 Å². The molecule has 0 saturated carbocycles. The van der Waals surface area contributed by atoms with Crippen molar-refractivity contribution in [2.24, 2.45) is 5.41 Å². The predicted octanol–water partition coefficient (Wildman–Crippen LogP) is 1.59. The zero-order valence-electron chi connectivity index (χ0n) is 13.4. The molecule has 2 rings (SSSR count). The van der Waals surface area contributed by atoms with Gasteiger partial charge in [0.05, 0.1) is 6.61 Å². The van der Waals surface area contributed by atoms with E-state index in [1.807, 2.05) is 0 Å². The number of halogens is 3. The van der Waals surface area contributed by atoms with Crippen molar-refractivity contribution in [1.29, 1.82) is 0 Å². The number of nitrogens with zero attached hydrogens (tertiary/aromatic N) is 2. The lowest BCUT2D eigenvalue weighted by molar-refractivity contribution is -0.154. The van der Waals surface area contributed by atoms with Crippen LogP contribution in [0.3, 0.4) is 0 Å². The van der Waals surface area contributed by atoms with Gasteiger partial charge in [-0.25, -0.2) is 4.98 Å². The van der Waals surface area contributed by atoms with Crippen LogP contribution in [0.2, 0.25) is 0 Å². The second-order valence-corrected chi connectivity index (χ2v) is 5.76. The Kier molecular flexibility index (Phi) is 5.51. The van der Waals surface area contributed by atoms with E-state index in [0.717, 1.165) is 0 Å². The number of rotatable bonds is 6. The highest BCUT2D eigenvalue weighted by molar-refractivity contribution is 5.97. The number of carboxylic acid groups (broad SMARTS) is 1. The number of carbonyl (C=O) groups is 2. The molecule has 1 saturated heterocycles. The molecule has 1 fully saturated rings. The maximum absolute atomic E-state index is 12.6. The first-order chi connectivity index (χ1) is 11.7. The van der Waals surface area contributed by atoms with E-state index in [0.29, 0.717) is 0 Å². The molecular formula is C15H17F3N2O5. The first-order valence-electron chi connectivity index (χ1n) is 7.35. The molecule has 1 atom stereocenters. The number of methoxy groups -OCH3 is 1. The number of amides is 1. The molecule has 1 N–H and O–H groups in total. The number of alkyl halides is 3. The number of aliphatic carboxylic acids is 1. The zero-order chi connectivity index (χ0) is 18.7. The van der Waals surface area contributed by atoms with Gasteiger partial charge in [-0.3, -0.25) is 9.59 Å². The normalized spacial score (nSPS) is 20.6. The van der Waals surface area contributed by atoms with Gasteiger partial charge in [-0.05, 0) is 18.6 Å². The van der Waals surface area contributed by atoms with Crippen molar-refractivity contribution in [1.82, 2.24) is 9.88 Å². The summed E-state index contributed by atoms with van der Waals surface area (Å²) in [6.45, 7) is -1.62. The number of hydrogen-bond donors (Lipinski definition) is 1. The van der Waals surface area contributed by atoms with Crippen molar-refractivity contribution in [2.75, 3.05) is 33.4 Å². The summed E-state index contributed by atoms with van der Waals surface area (Å²) in [7, 11) is 1.36. The molecule has 138 valence electrons. The second-order valence-electron chi connectivity index (χ2n) is 5.76. The molecule has 7 nitrogen and oxygen atoms in total. The Morgan fingerprint density at radius 1 is 1.44 bits per heavy atom. The average Bonchev–Trinajstić information content (AvgIpc) is 2.98. The van der Waals surface area contributed by atoms with Crippen molar-refractivity contribution in [3.05, 3.63) is 23.9 Å². The minimum Gasteiger partial charge on any atom is -0.481 e. The molecule has 0 spiro atoms. The van der Waals surface area contributed by atoms with Gasteiger partial charge in [0.2, 0.25) is 5.88 Å². The third-order valence-electron chi connectivity index (χ3n) is 3.89. The van der Waals surface area contributed by atoms with E-state index >= 15 is 0 Å². The molecular weight excluding hydrogens is 345 g/mol. The monoisotopic (exact) mass is 362 g/mol. The Balaban J connectivity index is 2.18. The highest BCUT2D eigenvalue weighted by Crippen LogP contribution is 2.33. The maximum atomic E-state index is 12.6. The standard InChI is InChI=1S/C15H17F3N2O5/c1-24-8-14(13(22)23)4-6-20(7-14)12(21)10-3-2-5-19-11(10)25-9-15(16,17)18/h2-3,5H,4,6-9H2,1H3,(H,22,23). The summed E-state index contributed by atoms with van der Waals surface area (Å²) in [5.41, 5.74) is -1.38. The predicted molar refractivity (Wildman–Crippen MR) is 78.3 cm³/mol. The largest absolute Gasteiger partial charge is 0.481 e. The van der Waals surface area contributed by atoms with Crippen molar-refractivity contribution < 1.29 is 37.3 Å². The van der Waals surface area contributed by atoms with Gasteiger partial charge in [0, 0.05) is 26.4 Å². The number of aromatic nitrogens is 1. The van der Waals surface area contributed by atoms with Gasteiger partial charge in [0.1, 0.15) is 11.0 Å². The molecule has 1 unspecified atom stereocenters. The molecule has 10 heteroatoms. The average molecular weight is 362 g/mol. The smallest absolute Gasteiger partial charge is 0.422 e. The molecule has 1 aliphatic rings. The maximum Gasteiger partial charge on any atom is 0.422 e. The summed E-state index contributed by atoms with van der Waals surface area (Å²) in [5.74, 6) is -2.17. The fourth-order valence-corrected chi connectivity index (χ4v) is 2.67. The first-order valence-corrected chi connectivity index (χ1v) is 7.35. The van der Waals surface area contributed by atoms with Crippen LogP contribution < -0.4 is 4.74 Å². The van der Waals surface area contributed by atoms with E-state index in [1.165, 1.54) is 30.3 Å². The van der Waals surface area contributed by atoms with Gasteiger partial charge >= 0.3 is 12.1 Å². The van der Waals surface area contributed by atoms with Gasteiger partial charge in [-0.2, -0.15) is 13.2 Å². The van der Waals surface area contributed by atoms with Crippen LogP contribution in [0.25, 0.3) is 0 Å². The SMILES string of the molecule is COCC1(C(=O)O)CCN(C(=O)c2cccnc2OCC(F)(F)F)C1. The first kappa shape index (κ1) is 19.0. The Morgan fingerprint density at radius 2 is 2.16 bits per heavy atom. The van der Waals surface area contributed by atoms with E-state index in [-0.39, 0.29) is 31.7 Å². The van der Waals surface area contributed by atoms with Crippen LogP contribution in [0.1, 0.15) is 16.8 Å². The van der Waals surface area contributed by atoms with Gasteiger partial charge in [0.25, 0.3) is 5.91 Å². The summed E-state index contributed by atoms with van der Waals surface area (Å²) >= 11 is 0. The fraction of sp³-hybridized carbons (Fsp3) is 0.533. The van der Waals surface area contributed by atoms with Gasteiger partial charge < -0.3 is 19.5 Å². The molecule has 0 aliphatic carbocycles. The quantitative estimate of drug-likeness (QED) is 0.827. The third kappa shape index (κ3) is 4.38. The van der Waals surface area contributed by atoms with Crippen LogP contribution in [0.5, 0.6) is 5.88 Å². The number of likely N-dealkylation sites (tertiary alicyclic amines) is 1. The van der Waals surface area contributed by atoms with Crippen molar-refractivity contribution in [2.45, 2.75) is 12.6 Å². The molecule has 0 bridgehead atoms. The molecule has 0 aromatic carbocycles. The fourth-order valence-electron chi connectivity index (χ4n) is 2.67. The Hall–Kier alpha value is -2.36. The molecule has 1 aromatic heterocycles. The van der Waals surface area contributed by atoms with Crippen LogP contribution in [0, 0.1) is 5.41 Å².